The summed E-state index contributed by atoms with van der Waals surface area (Å²) in [5.74, 6) is -1.10. The van der Waals surface area contributed by atoms with Crippen molar-refractivity contribution in [3.63, 3.8) is 0 Å². The average molecular weight is 551 g/mol. The van der Waals surface area contributed by atoms with E-state index >= 15 is 0 Å². The van der Waals surface area contributed by atoms with E-state index in [1.54, 1.807) is 18.2 Å². The summed E-state index contributed by atoms with van der Waals surface area (Å²) >= 11 is 6.08. The van der Waals surface area contributed by atoms with Crippen molar-refractivity contribution in [2.24, 2.45) is 0 Å². The molecule has 0 radical (unpaired) electrons. The number of sulfonamides is 1. The van der Waals surface area contributed by atoms with Gasteiger partial charge in [0.05, 0.1) is 35.1 Å². The Labute approximate surface area is 214 Å². The molecule has 190 valence electrons. The summed E-state index contributed by atoms with van der Waals surface area (Å²) < 4.78 is 57.8. The van der Waals surface area contributed by atoms with Crippen LogP contribution in [0.5, 0.6) is 0 Å². The molecule has 10 nitrogen and oxygen atoms in total. The molecule has 1 saturated heterocycles. The predicted octanol–water partition coefficient (Wildman–Crippen LogP) is 2.69. The van der Waals surface area contributed by atoms with Crippen LogP contribution in [0, 0.1) is 6.92 Å². The van der Waals surface area contributed by atoms with Gasteiger partial charge in [0.15, 0.2) is 5.69 Å². The fourth-order valence-electron chi connectivity index (χ4n) is 3.58. The fourth-order valence-corrected chi connectivity index (χ4v) is 6.36. The number of rotatable bonds is 7. The van der Waals surface area contributed by atoms with Crippen LogP contribution in [-0.4, -0.2) is 63.3 Å². The predicted molar refractivity (Wildman–Crippen MR) is 133 cm³/mol. The first-order valence-electron chi connectivity index (χ1n) is 10.9. The lowest BCUT2D eigenvalue weighted by molar-refractivity contribution is 0.0730. The van der Waals surface area contributed by atoms with Gasteiger partial charge in [-0.3, -0.25) is 4.79 Å². The zero-order valence-electron chi connectivity index (χ0n) is 19.2. The van der Waals surface area contributed by atoms with Crippen molar-refractivity contribution in [2.45, 2.75) is 22.7 Å². The average Bonchev–Trinajstić information content (AvgIpc) is 2.85. The molecule has 1 aliphatic rings. The molecule has 1 amide bonds. The van der Waals surface area contributed by atoms with Crippen LogP contribution in [0.1, 0.15) is 21.6 Å². The second kappa shape index (κ2) is 10.6. The van der Waals surface area contributed by atoms with E-state index in [1.807, 2.05) is 13.0 Å². The van der Waals surface area contributed by atoms with Crippen LogP contribution in [0.3, 0.4) is 0 Å². The van der Waals surface area contributed by atoms with Gasteiger partial charge in [-0.25, -0.2) is 26.8 Å². The van der Waals surface area contributed by atoms with Gasteiger partial charge in [0.1, 0.15) is 0 Å². The van der Waals surface area contributed by atoms with E-state index in [-0.39, 0.29) is 40.1 Å². The van der Waals surface area contributed by atoms with E-state index in [0.29, 0.717) is 18.8 Å². The van der Waals surface area contributed by atoms with Crippen molar-refractivity contribution in [1.29, 1.82) is 0 Å². The van der Waals surface area contributed by atoms with Crippen molar-refractivity contribution < 1.29 is 26.4 Å². The number of ether oxygens (including phenoxy) is 1. The Balaban J connectivity index is 1.51. The number of aromatic nitrogens is 2. The highest BCUT2D eigenvalue weighted by molar-refractivity contribution is 7.90. The Morgan fingerprint density at radius 2 is 1.78 bits per heavy atom. The summed E-state index contributed by atoms with van der Waals surface area (Å²) in [5, 5.41) is 1.90. The van der Waals surface area contributed by atoms with Crippen molar-refractivity contribution in [3.8, 4) is 0 Å². The number of morpholine rings is 1. The quantitative estimate of drug-likeness (QED) is 0.443. The molecule has 0 unspecified atom stereocenters. The number of sulfone groups is 1. The van der Waals surface area contributed by atoms with Gasteiger partial charge in [-0.15, -0.1) is 0 Å². The minimum atomic E-state index is -3.95. The van der Waals surface area contributed by atoms with Crippen molar-refractivity contribution in [1.82, 2.24) is 14.3 Å². The number of anilines is 1. The molecular weight excluding hydrogens is 528 g/mol. The molecule has 1 fully saturated rings. The summed E-state index contributed by atoms with van der Waals surface area (Å²) in [6.07, 6.45) is 1.06. The first-order chi connectivity index (χ1) is 17.1. The standard InChI is InChI=1S/C23H23ClN4O6S2/c1-16-3-2-4-17(13-16)15-35(30,31)23-25-14-20(24)21(27-23)22(29)26-18-5-7-19(8-6-18)36(32,33)28-9-11-34-12-10-28/h2-8,13-14H,9-12,15H2,1H3,(H,26,29). The SMILES string of the molecule is Cc1cccc(CS(=O)(=O)c2ncc(Cl)c(C(=O)Nc3ccc(S(=O)(=O)N4CCOCC4)cc3)n2)c1. The van der Waals surface area contributed by atoms with Crippen LogP contribution in [-0.2, 0) is 30.4 Å². The maximum absolute atomic E-state index is 12.9. The third-order valence-corrected chi connectivity index (χ3v) is 9.03. The van der Waals surface area contributed by atoms with E-state index < -0.39 is 30.9 Å². The molecule has 13 heteroatoms. The van der Waals surface area contributed by atoms with Gasteiger partial charge in [0, 0.05) is 18.8 Å². The summed E-state index contributed by atoms with van der Waals surface area (Å²) in [6.45, 7) is 3.04. The van der Waals surface area contributed by atoms with Crippen molar-refractivity contribution >= 4 is 43.1 Å². The minimum absolute atomic E-state index is 0.0759. The highest BCUT2D eigenvalue weighted by atomic mass is 35.5. The number of hydrogen-bond donors (Lipinski definition) is 1. The van der Waals surface area contributed by atoms with Gasteiger partial charge < -0.3 is 10.1 Å². The van der Waals surface area contributed by atoms with Gasteiger partial charge in [0.2, 0.25) is 25.0 Å². The topological polar surface area (TPSA) is 136 Å². The van der Waals surface area contributed by atoms with Gasteiger partial charge in [-0.1, -0.05) is 41.4 Å². The van der Waals surface area contributed by atoms with Crippen molar-refractivity contribution in [2.75, 3.05) is 31.6 Å². The van der Waals surface area contributed by atoms with Crippen LogP contribution in [0.2, 0.25) is 5.02 Å². The molecule has 36 heavy (non-hydrogen) atoms. The Hall–Kier alpha value is -2.90. The largest absolute Gasteiger partial charge is 0.379 e. The molecule has 0 saturated carbocycles. The van der Waals surface area contributed by atoms with Gasteiger partial charge in [-0.2, -0.15) is 4.31 Å². The maximum atomic E-state index is 12.9. The van der Waals surface area contributed by atoms with E-state index in [9.17, 15) is 21.6 Å². The Bertz CT molecular complexity index is 1490. The highest BCUT2D eigenvalue weighted by Crippen LogP contribution is 2.22. The smallest absolute Gasteiger partial charge is 0.275 e. The summed E-state index contributed by atoms with van der Waals surface area (Å²) in [7, 11) is -7.63. The van der Waals surface area contributed by atoms with Crippen LogP contribution in [0.25, 0.3) is 0 Å². The molecule has 0 aliphatic carbocycles. The number of carbonyl (C=O) groups is 1. The molecule has 1 N–H and O–H groups in total. The highest BCUT2D eigenvalue weighted by Gasteiger charge is 2.27. The van der Waals surface area contributed by atoms with Crippen LogP contribution >= 0.6 is 11.6 Å². The number of hydrogen-bond acceptors (Lipinski definition) is 8. The van der Waals surface area contributed by atoms with Gasteiger partial charge in [-0.05, 0) is 36.8 Å². The second-order valence-corrected chi connectivity index (χ2v) is 12.3. The number of halogens is 1. The minimum Gasteiger partial charge on any atom is -0.379 e. The molecule has 2 heterocycles. The number of nitrogens with one attached hydrogen (secondary N) is 1. The third-order valence-electron chi connectivity index (χ3n) is 5.37. The first kappa shape index (κ1) is 26.2. The van der Waals surface area contributed by atoms with Crippen LogP contribution in [0.15, 0.2) is 64.8 Å². The molecule has 3 aromatic rings. The van der Waals surface area contributed by atoms with E-state index in [2.05, 4.69) is 15.3 Å². The second-order valence-electron chi connectivity index (χ2n) is 8.09. The zero-order chi connectivity index (χ0) is 25.9. The molecule has 0 spiro atoms. The summed E-state index contributed by atoms with van der Waals surface area (Å²) in [4.78, 5) is 20.6. The van der Waals surface area contributed by atoms with Crippen LogP contribution < -0.4 is 5.32 Å². The lowest BCUT2D eigenvalue weighted by Crippen LogP contribution is -2.40. The molecule has 4 rings (SSSR count). The number of aryl methyl sites for hydroxylation is 1. The van der Waals surface area contributed by atoms with Crippen LogP contribution in [0.4, 0.5) is 5.69 Å². The first-order valence-corrected chi connectivity index (χ1v) is 14.3. The molecule has 1 aromatic heterocycles. The molecule has 1 aliphatic heterocycles. The van der Waals surface area contributed by atoms with Gasteiger partial charge in [0.25, 0.3) is 5.91 Å². The number of amides is 1. The fraction of sp³-hybridized carbons (Fsp3) is 0.261. The summed E-state index contributed by atoms with van der Waals surface area (Å²) in [5.41, 5.74) is 1.43. The monoisotopic (exact) mass is 550 g/mol. The van der Waals surface area contributed by atoms with Gasteiger partial charge >= 0.3 is 0 Å². The number of benzene rings is 2. The maximum Gasteiger partial charge on any atom is 0.275 e. The van der Waals surface area contributed by atoms with E-state index in [0.717, 1.165) is 11.8 Å². The molecular formula is C23H23ClN4O6S2. The van der Waals surface area contributed by atoms with E-state index in [1.165, 1.54) is 28.6 Å². The Morgan fingerprint density at radius 3 is 2.44 bits per heavy atom. The number of carbonyl (C=O) groups excluding carboxylic acids is 1. The van der Waals surface area contributed by atoms with E-state index in [4.69, 9.17) is 16.3 Å². The molecule has 2 aromatic carbocycles. The number of nitrogens with zero attached hydrogens (tertiary/aromatic N) is 3. The normalized spacial score (nSPS) is 14.9. The van der Waals surface area contributed by atoms with Crippen molar-refractivity contribution in [3.05, 3.63) is 76.6 Å². The zero-order valence-corrected chi connectivity index (χ0v) is 21.6. The molecule has 0 atom stereocenters. The lowest BCUT2D eigenvalue weighted by Gasteiger charge is -2.26. The third kappa shape index (κ3) is 5.90. The lowest BCUT2D eigenvalue weighted by atomic mass is 10.2. The molecule has 0 bridgehead atoms. The Kier molecular flexibility index (Phi) is 7.71. The summed E-state index contributed by atoms with van der Waals surface area (Å²) in [6, 6.07) is 12.6. The Morgan fingerprint density at radius 1 is 1.08 bits per heavy atom.